The fourth-order valence-electron chi connectivity index (χ4n) is 4.76. The van der Waals surface area contributed by atoms with Crippen LogP contribution in [-0.4, -0.2) is 66.8 Å². The van der Waals surface area contributed by atoms with Crippen LogP contribution in [0.15, 0.2) is 48.5 Å². The summed E-state index contributed by atoms with van der Waals surface area (Å²) in [6.07, 6.45) is 1.59. The molecule has 2 aromatic rings. The number of ether oxygens (including phenoxy) is 1. The molecule has 0 unspecified atom stereocenters. The normalized spacial score (nSPS) is 15.9. The highest BCUT2D eigenvalue weighted by Gasteiger charge is 2.29. The lowest BCUT2D eigenvalue weighted by molar-refractivity contribution is -0.139. The molecule has 34 heavy (non-hydrogen) atoms. The predicted molar refractivity (Wildman–Crippen MR) is 128 cm³/mol. The first-order valence-corrected chi connectivity index (χ1v) is 11.9. The zero-order valence-corrected chi connectivity index (χ0v) is 19.2. The van der Waals surface area contributed by atoms with Crippen LogP contribution < -0.4 is 10.6 Å². The SMILES string of the molecule is O=C(CC[C@H](NC(=O)OCC1c2ccccc2-c2ccccc21)C(=O)O)NCCN1CCCC1. The van der Waals surface area contributed by atoms with Crippen LogP contribution >= 0.6 is 0 Å². The number of benzene rings is 2. The summed E-state index contributed by atoms with van der Waals surface area (Å²) in [6.45, 7) is 3.55. The van der Waals surface area contributed by atoms with E-state index in [0.29, 0.717) is 6.54 Å². The summed E-state index contributed by atoms with van der Waals surface area (Å²) in [7, 11) is 0. The van der Waals surface area contributed by atoms with E-state index < -0.39 is 18.1 Å². The van der Waals surface area contributed by atoms with E-state index in [1.54, 1.807) is 0 Å². The first kappa shape index (κ1) is 23.8. The number of carbonyl (C=O) groups is 3. The number of carboxylic acids is 1. The van der Waals surface area contributed by atoms with Crippen molar-refractivity contribution < 1.29 is 24.2 Å². The zero-order chi connectivity index (χ0) is 23.9. The van der Waals surface area contributed by atoms with E-state index >= 15 is 0 Å². The Kier molecular flexibility index (Phi) is 7.80. The second kappa shape index (κ2) is 11.2. The summed E-state index contributed by atoms with van der Waals surface area (Å²) in [5.41, 5.74) is 4.39. The number of nitrogens with one attached hydrogen (secondary N) is 2. The molecule has 2 aromatic carbocycles. The Hall–Kier alpha value is -3.39. The summed E-state index contributed by atoms with van der Waals surface area (Å²) in [5.74, 6) is -1.53. The molecule has 0 aromatic heterocycles. The van der Waals surface area contributed by atoms with Gasteiger partial charge in [-0.05, 0) is 54.6 Å². The highest BCUT2D eigenvalue weighted by atomic mass is 16.5. The van der Waals surface area contributed by atoms with E-state index in [1.807, 2.05) is 48.5 Å². The molecule has 0 bridgehead atoms. The molecule has 1 heterocycles. The minimum absolute atomic E-state index is 0.00488. The number of aliphatic carboxylic acids is 1. The lowest BCUT2D eigenvalue weighted by Crippen LogP contribution is -2.42. The molecule has 180 valence electrons. The second-order valence-corrected chi connectivity index (χ2v) is 8.80. The molecule has 3 N–H and O–H groups in total. The van der Waals surface area contributed by atoms with E-state index in [1.165, 1.54) is 12.8 Å². The van der Waals surface area contributed by atoms with Gasteiger partial charge in [-0.25, -0.2) is 9.59 Å². The number of nitrogens with zero attached hydrogens (tertiary/aromatic N) is 1. The lowest BCUT2D eigenvalue weighted by Gasteiger charge is -2.18. The van der Waals surface area contributed by atoms with E-state index in [0.717, 1.165) is 41.9 Å². The van der Waals surface area contributed by atoms with Gasteiger partial charge in [0.15, 0.2) is 0 Å². The van der Waals surface area contributed by atoms with Crippen LogP contribution in [0.5, 0.6) is 0 Å². The monoisotopic (exact) mass is 465 g/mol. The van der Waals surface area contributed by atoms with Crippen molar-refractivity contribution in [3.8, 4) is 11.1 Å². The molecular formula is C26H31N3O5. The maximum atomic E-state index is 12.4. The summed E-state index contributed by atoms with van der Waals surface area (Å²) < 4.78 is 5.43. The molecule has 1 saturated heterocycles. The smallest absolute Gasteiger partial charge is 0.407 e. The van der Waals surface area contributed by atoms with Crippen LogP contribution in [0.4, 0.5) is 4.79 Å². The molecule has 2 aliphatic rings. The van der Waals surface area contributed by atoms with Gasteiger partial charge in [-0.3, -0.25) is 4.79 Å². The number of hydrogen-bond donors (Lipinski definition) is 3. The summed E-state index contributed by atoms with van der Waals surface area (Å²) in [6, 6.07) is 14.8. The number of likely N-dealkylation sites (tertiary alicyclic amines) is 1. The first-order chi connectivity index (χ1) is 16.5. The number of carboxylic acid groups (broad SMARTS) is 1. The first-order valence-electron chi connectivity index (χ1n) is 11.9. The Labute approximate surface area is 199 Å². The minimum atomic E-state index is -1.20. The average Bonchev–Trinajstić information content (AvgIpc) is 3.46. The van der Waals surface area contributed by atoms with Gasteiger partial charge in [-0.15, -0.1) is 0 Å². The third-order valence-corrected chi connectivity index (χ3v) is 6.54. The second-order valence-electron chi connectivity index (χ2n) is 8.80. The molecule has 2 amide bonds. The maximum Gasteiger partial charge on any atom is 0.407 e. The number of hydrogen-bond acceptors (Lipinski definition) is 5. The summed E-state index contributed by atoms with van der Waals surface area (Å²) >= 11 is 0. The number of carbonyl (C=O) groups excluding carboxylic acids is 2. The summed E-state index contributed by atoms with van der Waals surface area (Å²) in [4.78, 5) is 38.4. The van der Waals surface area contributed by atoms with Gasteiger partial charge < -0.3 is 25.4 Å². The molecule has 4 rings (SSSR count). The van der Waals surface area contributed by atoms with Crippen molar-refractivity contribution in [3.05, 3.63) is 59.7 Å². The van der Waals surface area contributed by atoms with E-state index in [-0.39, 0.29) is 31.3 Å². The predicted octanol–water partition coefficient (Wildman–Crippen LogP) is 2.97. The van der Waals surface area contributed by atoms with Gasteiger partial charge in [0.2, 0.25) is 5.91 Å². The van der Waals surface area contributed by atoms with Crippen LogP contribution in [0.2, 0.25) is 0 Å². The van der Waals surface area contributed by atoms with E-state index in [2.05, 4.69) is 15.5 Å². The average molecular weight is 466 g/mol. The Bertz CT molecular complexity index is 989. The third kappa shape index (κ3) is 5.75. The molecule has 0 radical (unpaired) electrons. The minimum Gasteiger partial charge on any atom is -0.480 e. The molecule has 1 aliphatic carbocycles. The summed E-state index contributed by atoms with van der Waals surface area (Å²) in [5, 5.41) is 14.7. The van der Waals surface area contributed by atoms with Crippen LogP contribution in [0.3, 0.4) is 0 Å². The van der Waals surface area contributed by atoms with Crippen LogP contribution in [0, 0.1) is 0 Å². The molecule has 1 atom stereocenters. The van der Waals surface area contributed by atoms with Crippen molar-refractivity contribution >= 4 is 18.0 Å². The van der Waals surface area contributed by atoms with Crippen molar-refractivity contribution in [1.82, 2.24) is 15.5 Å². The number of rotatable bonds is 10. The zero-order valence-electron chi connectivity index (χ0n) is 19.2. The van der Waals surface area contributed by atoms with Crippen molar-refractivity contribution in [2.75, 3.05) is 32.8 Å². The molecule has 1 aliphatic heterocycles. The van der Waals surface area contributed by atoms with Crippen LogP contribution in [0.1, 0.15) is 42.7 Å². The fraction of sp³-hybridized carbons (Fsp3) is 0.423. The Balaban J connectivity index is 1.25. The van der Waals surface area contributed by atoms with Crippen molar-refractivity contribution in [3.63, 3.8) is 0 Å². The highest BCUT2D eigenvalue weighted by molar-refractivity contribution is 5.82. The quantitative estimate of drug-likeness (QED) is 0.498. The van der Waals surface area contributed by atoms with Crippen molar-refractivity contribution in [1.29, 1.82) is 0 Å². The van der Waals surface area contributed by atoms with Crippen molar-refractivity contribution in [2.24, 2.45) is 0 Å². The molecule has 0 spiro atoms. The van der Waals surface area contributed by atoms with Gasteiger partial charge in [-0.2, -0.15) is 0 Å². The largest absolute Gasteiger partial charge is 0.480 e. The fourth-order valence-corrected chi connectivity index (χ4v) is 4.76. The van der Waals surface area contributed by atoms with Crippen molar-refractivity contribution in [2.45, 2.75) is 37.6 Å². The Morgan fingerprint density at radius 3 is 2.24 bits per heavy atom. The molecule has 8 nitrogen and oxygen atoms in total. The van der Waals surface area contributed by atoms with Gasteiger partial charge in [0.1, 0.15) is 12.6 Å². The molecule has 1 fully saturated rings. The van der Waals surface area contributed by atoms with Crippen LogP contribution in [-0.2, 0) is 14.3 Å². The number of fused-ring (bicyclic) bond motifs is 3. The van der Waals surface area contributed by atoms with Gasteiger partial charge in [0.25, 0.3) is 0 Å². The van der Waals surface area contributed by atoms with Crippen LogP contribution in [0.25, 0.3) is 11.1 Å². The maximum absolute atomic E-state index is 12.4. The number of alkyl carbamates (subject to hydrolysis) is 1. The topological polar surface area (TPSA) is 108 Å². The molecular weight excluding hydrogens is 434 g/mol. The Morgan fingerprint density at radius 2 is 1.62 bits per heavy atom. The Morgan fingerprint density at radius 1 is 1.00 bits per heavy atom. The standard InChI is InChI=1S/C26H31N3O5/c30-24(27-13-16-29-14-5-6-15-29)12-11-23(25(31)32)28-26(33)34-17-22-20-9-3-1-7-18(20)19-8-2-4-10-21(19)22/h1-4,7-10,22-23H,5-6,11-17H2,(H,27,30)(H,28,33)(H,31,32)/t23-/m0/s1. The lowest BCUT2D eigenvalue weighted by atomic mass is 9.98. The van der Waals surface area contributed by atoms with Gasteiger partial charge >= 0.3 is 12.1 Å². The molecule has 0 saturated carbocycles. The highest BCUT2D eigenvalue weighted by Crippen LogP contribution is 2.44. The number of amides is 2. The van der Waals surface area contributed by atoms with E-state index in [4.69, 9.17) is 4.74 Å². The van der Waals surface area contributed by atoms with E-state index in [9.17, 15) is 19.5 Å². The third-order valence-electron chi connectivity index (χ3n) is 6.54. The van der Waals surface area contributed by atoms with Gasteiger partial charge in [0, 0.05) is 25.4 Å². The van der Waals surface area contributed by atoms with Gasteiger partial charge in [0.05, 0.1) is 0 Å². The molecule has 8 heteroatoms. The van der Waals surface area contributed by atoms with Gasteiger partial charge in [-0.1, -0.05) is 48.5 Å².